The van der Waals surface area contributed by atoms with Crippen LogP contribution in [-0.2, 0) is 0 Å². The van der Waals surface area contributed by atoms with E-state index in [1.807, 2.05) is 36.4 Å². The quantitative estimate of drug-likeness (QED) is 0.582. The molecule has 23 heavy (non-hydrogen) atoms. The van der Waals surface area contributed by atoms with Crippen LogP contribution in [0.15, 0.2) is 66.7 Å². The van der Waals surface area contributed by atoms with E-state index in [4.69, 9.17) is 0 Å². The Morgan fingerprint density at radius 3 is 1.83 bits per heavy atom. The van der Waals surface area contributed by atoms with E-state index >= 15 is 0 Å². The summed E-state index contributed by atoms with van der Waals surface area (Å²) in [5.41, 5.74) is 4.98. The van der Waals surface area contributed by atoms with Crippen molar-refractivity contribution in [2.45, 2.75) is 5.92 Å². The maximum absolute atomic E-state index is 11.7. The average molecular weight is 302 g/mol. The minimum absolute atomic E-state index is 0.0241. The summed E-state index contributed by atoms with van der Waals surface area (Å²) in [6.45, 7) is 0. The number of carbonyl (C=O) groups is 1. The number of aromatic hydroxyl groups is 1. The normalized spacial score (nSPS) is 12.7. The highest BCUT2D eigenvalue weighted by atomic mass is 16.4. The first-order valence-corrected chi connectivity index (χ1v) is 7.42. The van der Waals surface area contributed by atoms with Crippen LogP contribution in [-0.4, -0.2) is 16.2 Å². The molecule has 2 N–H and O–H groups in total. The fraction of sp³-hybridized carbons (Fsp3) is 0.0500. The molecule has 0 spiro atoms. The van der Waals surface area contributed by atoms with Gasteiger partial charge in [-0.1, -0.05) is 60.7 Å². The van der Waals surface area contributed by atoms with Gasteiger partial charge in [0.1, 0.15) is 11.3 Å². The van der Waals surface area contributed by atoms with Gasteiger partial charge in [0.25, 0.3) is 0 Å². The number of benzene rings is 3. The molecule has 1 aliphatic carbocycles. The van der Waals surface area contributed by atoms with Crippen LogP contribution in [0, 0.1) is 0 Å². The van der Waals surface area contributed by atoms with Gasteiger partial charge in [0.05, 0.1) is 0 Å². The predicted molar refractivity (Wildman–Crippen MR) is 87.9 cm³/mol. The lowest BCUT2D eigenvalue weighted by Gasteiger charge is -2.17. The van der Waals surface area contributed by atoms with E-state index in [1.165, 1.54) is 6.07 Å². The summed E-state index contributed by atoms with van der Waals surface area (Å²) < 4.78 is 0. The van der Waals surface area contributed by atoms with E-state index in [0.717, 1.165) is 22.3 Å². The van der Waals surface area contributed by atoms with Crippen molar-refractivity contribution in [2.75, 3.05) is 0 Å². The van der Waals surface area contributed by atoms with Crippen LogP contribution in [0.3, 0.4) is 0 Å². The van der Waals surface area contributed by atoms with Gasteiger partial charge in [-0.3, -0.25) is 0 Å². The van der Waals surface area contributed by atoms with E-state index < -0.39 is 5.97 Å². The number of hydrogen-bond donors (Lipinski definition) is 2. The Bertz CT molecular complexity index is 882. The molecule has 3 heteroatoms. The highest BCUT2D eigenvalue weighted by Crippen LogP contribution is 2.49. The standard InChI is InChI=1S/C20H14O3/c21-17-11-5-10-16(19(17)20(22)23)18-14-8-3-1-6-12(14)13-7-2-4-9-15(13)18/h1-11,18,21H,(H,22,23). The summed E-state index contributed by atoms with van der Waals surface area (Å²) in [7, 11) is 0. The lowest BCUT2D eigenvalue weighted by molar-refractivity contribution is 0.0692. The molecule has 1 aliphatic rings. The lowest BCUT2D eigenvalue weighted by atomic mass is 9.86. The minimum atomic E-state index is -1.11. The summed E-state index contributed by atoms with van der Waals surface area (Å²) in [4.78, 5) is 11.7. The SMILES string of the molecule is O=C(O)c1c(O)cccc1C1c2ccccc2-c2ccccc21. The fourth-order valence-corrected chi connectivity index (χ4v) is 3.52. The van der Waals surface area contributed by atoms with Crippen molar-refractivity contribution in [1.29, 1.82) is 0 Å². The smallest absolute Gasteiger partial charge is 0.339 e. The lowest BCUT2D eigenvalue weighted by Crippen LogP contribution is -2.08. The molecule has 0 radical (unpaired) electrons. The molecule has 0 bridgehead atoms. The number of aromatic carboxylic acids is 1. The van der Waals surface area contributed by atoms with Gasteiger partial charge in [0, 0.05) is 5.92 Å². The predicted octanol–water partition coefficient (Wildman–Crippen LogP) is 4.25. The van der Waals surface area contributed by atoms with Gasteiger partial charge < -0.3 is 10.2 Å². The molecule has 0 unspecified atom stereocenters. The summed E-state index contributed by atoms with van der Waals surface area (Å²) in [6, 6.07) is 20.9. The van der Waals surface area contributed by atoms with Crippen LogP contribution in [0.5, 0.6) is 5.75 Å². The van der Waals surface area contributed by atoms with Gasteiger partial charge in [0.15, 0.2) is 0 Å². The van der Waals surface area contributed by atoms with Crippen LogP contribution >= 0.6 is 0 Å². The van der Waals surface area contributed by atoms with Gasteiger partial charge in [0.2, 0.25) is 0 Å². The van der Waals surface area contributed by atoms with Crippen molar-refractivity contribution < 1.29 is 15.0 Å². The van der Waals surface area contributed by atoms with E-state index in [0.29, 0.717) is 5.56 Å². The van der Waals surface area contributed by atoms with Crippen molar-refractivity contribution in [3.63, 3.8) is 0 Å². The zero-order chi connectivity index (χ0) is 16.0. The van der Waals surface area contributed by atoms with Gasteiger partial charge in [-0.2, -0.15) is 0 Å². The molecule has 0 amide bonds. The van der Waals surface area contributed by atoms with Gasteiger partial charge in [-0.05, 0) is 33.9 Å². The third kappa shape index (κ3) is 1.94. The Labute approximate surface area is 133 Å². The number of rotatable bonds is 2. The monoisotopic (exact) mass is 302 g/mol. The van der Waals surface area contributed by atoms with E-state index in [-0.39, 0.29) is 17.2 Å². The molecule has 0 aliphatic heterocycles. The number of phenols is 1. The number of carboxylic acid groups (broad SMARTS) is 1. The van der Waals surface area contributed by atoms with E-state index in [1.54, 1.807) is 12.1 Å². The highest BCUT2D eigenvalue weighted by Gasteiger charge is 2.32. The molecule has 0 heterocycles. The summed E-state index contributed by atoms with van der Waals surface area (Å²) in [5.74, 6) is -1.49. The van der Waals surface area contributed by atoms with Gasteiger partial charge >= 0.3 is 5.97 Å². The molecule has 0 aromatic heterocycles. The molecule has 0 saturated carbocycles. The maximum atomic E-state index is 11.7. The molecule has 3 aromatic carbocycles. The second-order valence-corrected chi connectivity index (χ2v) is 5.65. The summed E-state index contributed by atoms with van der Waals surface area (Å²) in [6.07, 6.45) is 0. The number of hydrogen-bond acceptors (Lipinski definition) is 2. The summed E-state index contributed by atoms with van der Waals surface area (Å²) in [5, 5.41) is 19.6. The first kappa shape index (κ1) is 13.6. The largest absolute Gasteiger partial charge is 0.507 e. The topological polar surface area (TPSA) is 57.5 Å². The molecular formula is C20H14O3. The van der Waals surface area contributed by atoms with Crippen LogP contribution in [0.4, 0.5) is 0 Å². The Kier molecular flexibility index (Phi) is 2.95. The van der Waals surface area contributed by atoms with Crippen LogP contribution < -0.4 is 0 Å². The number of fused-ring (bicyclic) bond motifs is 3. The highest BCUT2D eigenvalue weighted by molar-refractivity contribution is 5.94. The van der Waals surface area contributed by atoms with Crippen molar-refractivity contribution in [1.82, 2.24) is 0 Å². The molecule has 112 valence electrons. The molecule has 0 fully saturated rings. The Morgan fingerprint density at radius 1 is 0.739 bits per heavy atom. The zero-order valence-electron chi connectivity index (χ0n) is 12.2. The van der Waals surface area contributed by atoms with Gasteiger partial charge in [-0.25, -0.2) is 4.79 Å². The van der Waals surface area contributed by atoms with Crippen LogP contribution in [0.1, 0.15) is 33.0 Å². The zero-order valence-corrected chi connectivity index (χ0v) is 12.2. The van der Waals surface area contributed by atoms with Crippen molar-refractivity contribution in [2.24, 2.45) is 0 Å². The third-order valence-corrected chi connectivity index (χ3v) is 4.43. The third-order valence-electron chi connectivity index (χ3n) is 4.43. The fourth-order valence-electron chi connectivity index (χ4n) is 3.52. The molecule has 0 saturated heterocycles. The Balaban J connectivity index is 2.04. The van der Waals surface area contributed by atoms with Crippen molar-refractivity contribution in [3.8, 4) is 16.9 Å². The second-order valence-electron chi connectivity index (χ2n) is 5.65. The van der Waals surface area contributed by atoms with Gasteiger partial charge in [-0.15, -0.1) is 0 Å². The molecular weight excluding hydrogens is 288 g/mol. The van der Waals surface area contributed by atoms with Crippen LogP contribution in [0.2, 0.25) is 0 Å². The van der Waals surface area contributed by atoms with Crippen molar-refractivity contribution in [3.05, 3.63) is 89.0 Å². The van der Waals surface area contributed by atoms with E-state index in [9.17, 15) is 15.0 Å². The first-order valence-electron chi connectivity index (χ1n) is 7.42. The molecule has 4 rings (SSSR count). The summed E-state index contributed by atoms with van der Waals surface area (Å²) >= 11 is 0. The molecule has 3 aromatic rings. The Hall–Kier alpha value is -3.07. The Morgan fingerprint density at radius 2 is 1.26 bits per heavy atom. The first-order chi connectivity index (χ1) is 11.2. The average Bonchev–Trinajstić information content (AvgIpc) is 2.89. The van der Waals surface area contributed by atoms with E-state index in [2.05, 4.69) is 12.1 Å². The maximum Gasteiger partial charge on any atom is 0.339 e. The minimum Gasteiger partial charge on any atom is -0.507 e. The molecule has 3 nitrogen and oxygen atoms in total. The second kappa shape index (κ2) is 4.99. The number of carboxylic acids is 1. The van der Waals surface area contributed by atoms with Crippen molar-refractivity contribution >= 4 is 5.97 Å². The van der Waals surface area contributed by atoms with Crippen LogP contribution in [0.25, 0.3) is 11.1 Å². The molecule has 0 atom stereocenters.